The molecular formula is C17H19ClN2O4S. The number of carbonyl (C=O) groups is 1. The predicted molar refractivity (Wildman–Crippen MR) is 97.7 cm³/mol. The molecule has 0 saturated carbocycles. The summed E-state index contributed by atoms with van der Waals surface area (Å²) in [6, 6.07) is 8.68. The molecule has 0 aliphatic carbocycles. The zero-order valence-corrected chi connectivity index (χ0v) is 15.3. The second kappa shape index (κ2) is 8.31. The summed E-state index contributed by atoms with van der Waals surface area (Å²) >= 11 is 5.74. The molecule has 1 heterocycles. The van der Waals surface area contributed by atoms with E-state index in [1.807, 2.05) is 6.92 Å². The predicted octanol–water partition coefficient (Wildman–Crippen LogP) is 2.71. The van der Waals surface area contributed by atoms with Gasteiger partial charge in [-0.2, -0.15) is 0 Å². The molecule has 1 aromatic carbocycles. The van der Waals surface area contributed by atoms with Gasteiger partial charge in [0.1, 0.15) is 0 Å². The number of sulfone groups is 1. The van der Waals surface area contributed by atoms with Crippen molar-refractivity contribution in [1.82, 2.24) is 4.57 Å². The maximum Gasteiger partial charge on any atom is 0.250 e. The number of carbonyl (C=O) groups excluding carboxylic acids is 1. The number of rotatable bonds is 7. The SMILES string of the molecule is CCCn1cc(NC(=O)CCS(=O)(=O)c2ccc(Cl)cc2)ccc1=O. The normalized spacial score (nSPS) is 11.3. The van der Waals surface area contributed by atoms with Gasteiger partial charge in [0.25, 0.3) is 5.56 Å². The maximum atomic E-state index is 12.2. The minimum Gasteiger partial charge on any atom is -0.325 e. The summed E-state index contributed by atoms with van der Waals surface area (Å²) in [4.78, 5) is 23.8. The molecule has 1 amide bonds. The van der Waals surface area contributed by atoms with E-state index in [0.717, 1.165) is 6.42 Å². The van der Waals surface area contributed by atoms with Crippen LogP contribution in [0, 0.1) is 0 Å². The molecule has 2 rings (SSSR count). The number of amides is 1. The Hall–Kier alpha value is -2.12. The first-order valence-electron chi connectivity index (χ1n) is 7.80. The topological polar surface area (TPSA) is 85.2 Å². The number of anilines is 1. The van der Waals surface area contributed by atoms with Crippen LogP contribution in [0.15, 0.2) is 52.3 Å². The van der Waals surface area contributed by atoms with Crippen LogP contribution in [0.5, 0.6) is 0 Å². The molecule has 2 aromatic rings. The average molecular weight is 383 g/mol. The monoisotopic (exact) mass is 382 g/mol. The second-order valence-corrected chi connectivity index (χ2v) is 8.07. The molecule has 6 nitrogen and oxygen atoms in total. The van der Waals surface area contributed by atoms with Crippen molar-refractivity contribution in [3.8, 4) is 0 Å². The Bertz CT molecular complexity index is 905. The van der Waals surface area contributed by atoms with Gasteiger partial charge in [0, 0.05) is 30.3 Å². The average Bonchev–Trinajstić information content (AvgIpc) is 2.57. The first-order chi connectivity index (χ1) is 11.8. The van der Waals surface area contributed by atoms with Gasteiger partial charge in [-0.15, -0.1) is 0 Å². The van der Waals surface area contributed by atoms with Gasteiger partial charge in [-0.3, -0.25) is 9.59 Å². The summed E-state index contributed by atoms with van der Waals surface area (Å²) in [5.74, 6) is -0.742. The van der Waals surface area contributed by atoms with Crippen molar-refractivity contribution in [2.24, 2.45) is 0 Å². The number of halogens is 1. The van der Waals surface area contributed by atoms with Gasteiger partial charge < -0.3 is 9.88 Å². The lowest BCUT2D eigenvalue weighted by Crippen LogP contribution is -2.21. The van der Waals surface area contributed by atoms with E-state index in [4.69, 9.17) is 11.6 Å². The number of hydrogen-bond donors (Lipinski definition) is 1. The first-order valence-corrected chi connectivity index (χ1v) is 9.83. The van der Waals surface area contributed by atoms with Crippen molar-refractivity contribution >= 4 is 33.0 Å². The van der Waals surface area contributed by atoms with Gasteiger partial charge in [-0.25, -0.2) is 8.42 Å². The van der Waals surface area contributed by atoms with E-state index in [1.165, 1.54) is 41.0 Å². The van der Waals surface area contributed by atoms with Gasteiger partial charge in [-0.1, -0.05) is 18.5 Å². The Morgan fingerprint density at radius 1 is 1.16 bits per heavy atom. The van der Waals surface area contributed by atoms with Crippen LogP contribution in [0.3, 0.4) is 0 Å². The Kier molecular flexibility index (Phi) is 6.39. The van der Waals surface area contributed by atoms with E-state index in [9.17, 15) is 18.0 Å². The van der Waals surface area contributed by atoms with E-state index in [0.29, 0.717) is 17.3 Å². The summed E-state index contributed by atoms with van der Waals surface area (Å²) in [7, 11) is -3.56. The highest BCUT2D eigenvalue weighted by Crippen LogP contribution is 2.16. The van der Waals surface area contributed by atoms with Gasteiger partial charge in [0.05, 0.1) is 16.3 Å². The number of benzene rings is 1. The molecule has 134 valence electrons. The van der Waals surface area contributed by atoms with E-state index >= 15 is 0 Å². The Labute approximate surface area is 151 Å². The van der Waals surface area contributed by atoms with E-state index in [2.05, 4.69) is 5.32 Å². The van der Waals surface area contributed by atoms with Crippen LogP contribution in [0.4, 0.5) is 5.69 Å². The van der Waals surface area contributed by atoms with Gasteiger partial charge in [0.15, 0.2) is 9.84 Å². The molecule has 1 aromatic heterocycles. The van der Waals surface area contributed by atoms with E-state index in [-0.39, 0.29) is 22.6 Å². The molecule has 25 heavy (non-hydrogen) atoms. The molecule has 0 radical (unpaired) electrons. The van der Waals surface area contributed by atoms with Crippen LogP contribution in [-0.4, -0.2) is 24.6 Å². The maximum absolute atomic E-state index is 12.2. The van der Waals surface area contributed by atoms with Crippen molar-refractivity contribution in [2.75, 3.05) is 11.1 Å². The third-order valence-corrected chi connectivity index (χ3v) is 5.49. The first kappa shape index (κ1) is 19.2. The lowest BCUT2D eigenvalue weighted by atomic mass is 10.3. The van der Waals surface area contributed by atoms with Crippen LogP contribution in [-0.2, 0) is 21.2 Å². The highest BCUT2D eigenvalue weighted by molar-refractivity contribution is 7.91. The smallest absolute Gasteiger partial charge is 0.250 e. The van der Waals surface area contributed by atoms with Crippen molar-refractivity contribution in [3.63, 3.8) is 0 Å². The highest BCUT2D eigenvalue weighted by Gasteiger charge is 2.16. The summed E-state index contributed by atoms with van der Waals surface area (Å²) < 4.78 is 25.9. The number of aryl methyl sites for hydroxylation is 1. The number of nitrogens with zero attached hydrogens (tertiary/aromatic N) is 1. The lowest BCUT2D eigenvalue weighted by Gasteiger charge is -2.09. The summed E-state index contributed by atoms with van der Waals surface area (Å²) in [5.41, 5.74) is 0.312. The second-order valence-electron chi connectivity index (χ2n) is 5.52. The summed E-state index contributed by atoms with van der Waals surface area (Å²) in [6.07, 6.45) is 2.16. The minimum atomic E-state index is -3.56. The minimum absolute atomic E-state index is 0.126. The van der Waals surface area contributed by atoms with Gasteiger partial charge in [-0.05, 0) is 36.8 Å². The summed E-state index contributed by atoms with van der Waals surface area (Å²) in [6.45, 7) is 2.49. The summed E-state index contributed by atoms with van der Waals surface area (Å²) in [5, 5.41) is 3.06. The third kappa shape index (κ3) is 5.44. The Morgan fingerprint density at radius 3 is 2.48 bits per heavy atom. The highest BCUT2D eigenvalue weighted by atomic mass is 35.5. The van der Waals surface area contributed by atoms with Crippen molar-refractivity contribution < 1.29 is 13.2 Å². The van der Waals surface area contributed by atoms with Gasteiger partial charge in [0.2, 0.25) is 5.91 Å². The number of nitrogens with one attached hydrogen (secondary N) is 1. The largest absolute Gasteiger partial charge is 0.325 e. The third-order valence-electron chi connectivity index (χ3n) is 3.50. The molecule has 0 bridgehead atoms. The Balaban J connectivity index is 1.99. The van der Waals surface area contributed by atoms with Crippen molar-refractivity contribution in [2.45, 2.75) is 31.2 Å². The van der Waals surface area contributed by atoms with E-state index < -0.39 is 15.7 Å². The number of hydrogen-bond acceptors (Lipinski definition) is 4. The standard InChI is InChI=1S/C17H19ClN2O4S/c1-2-10-20-12-14(5-8-17(20)22)19-16(21)9-11-25(23,24)15-6-3-13(18)4-7-15/h3-8,12H,2,9-11H2,1H3,(H,19,21). The lowest BCUT2D eigenvalue weighted by molar-refractivity contribution is -0.115. The van der Waals surface area contributed by atoms with Crippen LogP contribution < -0.4 is 10.9 Å². The molecule has 0 spiro atoms. The quantitative estimate of drug-likeness (QED) is 0.797. The molecule has 0 atom stereocenters. The molecule has 0 saturated heterocycles. The van der Waals surface area contributed by atoms with Crippen molar-refractivity contribution in [1.29, 1.82) is 0 Å². The zero-order valence-electron chi connectivity index (χ0n) is 13.7. The number of aromatic nitrogens is 1. The van der Waals surface area contributed by atoms with E-state index in [1.54, 1.807) is 6.20 Å². The van der Waals surface area contributed by atoms with Crippen LogP contribution in [0.1, 0.15) is 19.8 Å². The number of pyridine rings is 1. The molecule has 0 fully saturated rings. The fourth-order valence-electron chi connectivity index (χ4n) is 2.23. The molecule has 8 heteroatoms. The fraction of sp³-hybridized carbons (Fsp3) is 0.294. The molecular weight excluding hydrogens is 364 g/mol. The van der Waals surface area contributed by atoms with Crippen LogP contribution in [0.2, 0.25) is 5.02 Å². The fourth-order valence-corrected chi connectivity index (χ4v) is 3.60. The molecule has 0 unspecified atom stereocenters. The molecule has 0 aliphatic rings. The zero-order chi connectivity index (χ0) is 18.4. The molecule has 1 N–H and O–H groups in total. The Morgan fingerprint density at radius 2 is 1.84 bits per heavy atom. The van der Waals surface area contributed by atoms with Crippen LogP contribution in [0.25, 0.3) is 0 Å². The van der Waals surface area contributed by atoms with Crippen molar-refractivity contribution in [3.05, 3.63) is 58.0 Å². The molecule has 0 aliphatic heterocycles. The van der Waals surface area contributed by atoms with Gasteiger partial charge >= 0.3 is 0 Å². The van der Waals surface area contributed by atoms with Crippen LogP contribution >= 0.6 is 11.6 Å².